The highest BCUT2D eigenvalue weighted by molar-refractivity contribution is 5.78. The molecular weight excluding hydrogens is 344 g/mol. The monoisotopic (exact) mass is 372 g/mol. The average molecular weight is 372 g/mol. The Bertz CT molecular complexity index is 425. The van der Waals surface area contributed by atoms with E-state index >= 15 is 0 Å². The van der Waals surface area contributed by atoms with E-state index in [0.717, 1.165) is 25.7 Å². The molecule has 0 aromatic carbocycles. The van der Waals surface area contributed by atoms with E-state index in [1.54, 1.807) is 0 Å². The van der Waals surface area contributed by atoms with Gasteiger partial charge in [0, 0.05) is 0 Å². The van der Waals surface area contributed by atoms with Crippen molar-refractivity contribution in [1.82, 2.24) is 0 Å². The Hall–Kier alpha value is -2.12. The molecule has 8 nitrogen and oxygen atoms in total. The highest BCUT2D eigenvalue weighted by atomic mass is 16.5. The number of esters is 4. The van der Waals surface area contributed by atoms with Crippen molar-refractivity contribution >= 4 is 23.9 Å². The molecule has 0 aliphatic heterocycles. The number of carbonyl (C=O) groups excluding carboxylic acids is 4. The minimum absolute atomic E-state index is 0.117. The summed E-state index contributed by atoms with van der Waals surface area (Å²) in [6.45, 7) is 0. The van der Waals surface area contributed by atoms with E-state index in [9.17, 15) is 19.2 Å². The third-order valence-corrected chi connectivity index (χ3v) is 5.00. The van der Waals surface area contributed by atoms with Gasteiger partial charge in [0.2, 0.25) is 0 Å². The quantitative estimate of drug-likeness (QED) is 0.540. The van der Waals surface area contributed by atoms with Crippen molar-refractivity contribution in [2.24, 2.45) is 23.7 Å². The summed E-state index contributed by atoms with van der Waals surface area (Å²) in [6.07, 6.45) is 4.05. The van der Waals surface area contributed by atoms with Gasteiger partial charge in [-0.1, -0.05) is 0 Å². The van der Waals surface area contributed by atoms with Crippen molar-refractivity contribution < 1.29 is 38.1 Å². The molecule has 0 amide bonds. The second-order valence-electron chi connectivity index (χ2n) is 6.51. The van der Waals surface area contributed by atoms with Gasteiger partial charge >= 0.3 is 23.9 Å². The molecule has 0 radical (unpaired) electrons. The standard InChI is InChI=1S/2C9H14O4/c2*1-12-8(10)6-3-4-7(5-6)9(11)13-2/h2*6-7H,3-5H2,1-2H3/t2*6-,7+. The van der Waals surface area contributed by atoms with Crippen molar-refractivity contribution in [3.05, 3.63) is 0 Å². The first kappa shape index (κ1) is 21.9. The molecule has 0 saturated heterocycles. The van der Waals surface area contributed by atoms with Gasteiger partial charge in [0.05, 0.1) is 52.1 Å². The van der Waals surface area contributed by atoms with Gasteiger partial charge in [-0.15, -0.1) is 0 Å². The lowest BCUT2D eigenvalue weighted by Gasteiger charge is -2.07. The fourth-order valence-corrected chi connectivity index (χ4v) is 3.49. The number of hydrogen-bond acceptors (Lipinski definition) is 8. The van der Waals surface area contributed by atoms with Crippen LogP contribution in [0.25, 0.3) is 0 Å². The third-order valence-electron chi connectivity index (χ3n) is 5.00. The van der Waals surface area contributed by atoms with Gasteiger partial charge in [-0.25, -0.2) is 0 Å². The Kier molecular flexibility index (Phi) is 9.09. The number of hydrogen-bond donors (Lipinski definition) is 0. The second-order valence-corrected chi connectivity index (χ2v) is 6.51. The highest BCUT2D eigenvalue weighted by Gasteiger charge is 2.35. The number of ether oxygens (including phenoxy) is 4. The molecule has 0 N–H and O–H groups in total. The van der Waals surface area contributed by atoms with Crippen LogP contribution in [0.5, 0.6) is 0 Å². The molecule has 2 aliphatic rings. The lowest BCUT2D eigenvalue weighted by Crippen LogP contribution is -2.16. The maximum absolute atomic E-state index is 11.1. The number of methoxy groups -OCH3 is 4. The zero-order valence-corrected chi connectivity index (χ0v) is 15.8. The predicted molar refractivity (Wildman–Crippen MR) is 89.7 cm³/mol. The fourth-order valence-electron chi connectivity index (χ4n) is 3.49. The summed E-state index contributed by atoms with van der Waals surface area (Å²) in [4.78, 5) is 44.4. The zero-order chi connectivity index (χ0) is 19.7. The largest absolute Gasteiger partial charge is 0.469 e. The van der Waals surface area contributed by atoms with Crippen molar-refractivity contribution in [2.45, 2.75) is 38.5 Å². The van der Waals surface area contributed by atoms with E-state index < -0.39 is 0 Å². The van der Waals surface area contributed by atoms with E-state index in [1.807, 2.05) is 0 Å². The topological polar surface area (TPSA) is 105 Å². The maximum Gasteiger partial charge on any atom is 0.308 e. The predicted octanol–water partition coefficient (Wildman–Crippen LogP) is 1.50. The first-order chi connectivity index (χ1) is 12.4. The van der Waals surface area contributed by atoms with Gasteiger partial charge in [-0.05, 0) is 38.5 Å². The molecule has 0 aromatic heterocycles. The molecule has 0 bridgehead atoms. The van der Waals surface area contributed by atoms with Crippen LogP contribution in [0.3, 0.4) is 0 Å². The zero-order valence-electron chi connectivity index (χ0n) is 15.8. The Morgan fingerprint density at radius 2 is 0.692 bits per heavy atom. The van der Waals surface area contributed by atoms with Crippen LogP contribution >= 0.6 is 0 Å². The van der Waals surface area contributed by atoms with Crippen LogP contribution in [0.2, 0.25) is 0 Å². The summed E-state index contributed by atoms with van der Waals surface area (Å²) >= 11 is 0. The molecule has 4 atom stereocenters. The number of carbonyl (C=O) groups is 4. The highest BCUT2D eigenvalue weighted by Crippen LogP contribution is 2.33. The molecule has 2 saturated carbocycles. The van der Waals surface area contributed by atoms with Crippen LogP contribution in [-0.4, -0.2) is 52.3 Å². The van der Waals surface area contributed by atoms with E-state index in [2.05, 4.69) is 18.9 Å². The second kappa shape index (κ2) is 10.8. The Balaban J connectivity index is 0.000000260. The molecular formula is C18H28O8. The maximum atomic E-state index is 11.1. The van der Waals surface area contributed by atoms with E-state index in [4.69, 9.17) is 0 Å². The van der Waals surface area contributed by atoms with Crippen molar-refractivity contribution in [2.75, 3.05) is 28.4 Å². The van der Waals surface area contributed by atoms with Gasteiger partial charge in [-0.3, -0.25) is 19.2 Å². The molecule has 8 heteroatoms. The van der Waals surface area contributed by atoms with Gasteiger partial charge in [0.25, 0.3) is 0 Å². The number of rotatable bonds is 4. The van der Waals surface area contributed by atoms with E-state index in [0.29, 0.717) is 12.8 Å². The van der Waals surface area contributed by atoms with E-state index in [-0.39, 0.29) is 47.5 Å². The van der Waals surface area contributed by atoms with Gasteiger partial charge in [-0.2, -0.15) is 0 Å². The SMILES string of the molecule is COC(=O)[C@@H]1CC[C@H](C(=O)OC)C1.COC(=O)[C@@H]1CC[C@H](C(=O)OC)C1. The molecule has 2 aliphatic carbocycles. The Morgan fingerprint density at radius 1 is 0.500 bits per heavy atom. The van der Waals surface area contributed by atoms with Gasteiger partial charge < -0.3 is 18.9 Å². The molecule has 2 fully saturated rings. The van der Waals surface area contributed by atoms with Crippen molar-refractivity contribution in [1.29, 1.82) is 0 Å². The minimum Gasteiger partial charge on any atom is -0.469 e. The average Bonchev–Trinajstić information content (AvgIpc) is 3.35. The first-order valence-corrected chi connectivity index (χ1v) is 8.69. The lowest BCUT2D eigenvalue weighted by molar-refractivity contribution is -0.148. The smallest absolute Gasteiger partial charge is 0.308 e. The van der Waals surface area contributed by atoms with Crippen LogP contribution in [0, 0.1) is 23.7 Å². The summed E-state index contributed by atoms with van der Waals surface area (Å²) in [5, 5.41) is 0. The van der Waals surface area contributed by atoms with Crippen LogP contribution in [-0.2, 0) is 38.1 Å². The van der Waals surface area contributed by atoms with E-state index in [1.165, 1.54) is 28.4 Å². The normalized spacial score (nSPS) is 26.9. The molecule has 148 valence electrons. The summed E-state index contributed by atoms with van der Waals surface area (Å²) in [7, 11) is 5.48. The lowest BCUT2D eigenvalue weighted by atomic mass is 10.1. The van der Waals surface area contributed by atoms with Crippen molar-refractivity contribution in [3.8, 4) is 0 Å². The van der Waals surface area contributed by atoms with Crippen molar-refractivity contribution in [3.63, 3.8) is 0 Å². The van der Waals surface area contributed by atoms with Gasteiger partial charge in [0.15, 0.2) is 0 Å². The molecule has 0 unspecified atom stereocenters. The third kappa shape index (κ3) is 6.00. The summed E-state index contributed by atoms with van der Waals surface area (Å²) in [5.41, 5.74) is 0. The molecule has 0 heterocycles. The summed E-state index contributed by atoms with van der Waals surface area (Å²) in [6, 6.07) is 0. The Labute approximate surface area is 153 Å². The molecule has 26 heavy (non-hydrogen) atoms. The Morgan fingerprint density at radius 3 is 0.846 bits per heavy atom. The first-order valence-electron chi connectivity index (χ1n) is 8.69. The summed E-state index contributed by atoms with van der Waals surface area (Å²) in [5.74, 6) is -1.33. The molecule has 0 aromatic rings. The minimum atomic E-state index is -0.216. The van der Waals surface area contributed by atoms with Crippen LogP contribution in [0.15, 0.2) is 0 Å². The summed E-state index contributed by atoms with van der Waals surface area (Å²) < 4.78 is 18.4. The van der Waals surface area contributed by atoms with Crippen LogP contribution in [0.4, 0.5) is 0 Å². The van der Waals surface area contributed by atoms with Gasteiger partial charge in [0.1, 0.15) is 0 Å². The fraction of sp³-hybridized carbons (Fsp3) is 0.778. The molecule has 0 spiro atoms. The molecule has 2 rings (SSSR count). The van der Waals surface area contributed by atoms with Crippen LogP contribution in [0.1, 0.15) is 38.5 Å². The van der Waals surface area contributed by atoms with Crippen LogP contribution < -0.4 is 0 Å².